The lowest BCUT2D eigenvalue weighted by Gasteiger charge is -2.35. The molecule has 2 rings (SSSR count). The molecular weight excluding hydrogens is 274 g/mol. The average Bonchev–Trinajstić information content (AvgIpc) is 2.47. The maximum absolute atomic E-state index is 12.1. The minimum absolute atomic E-state index is 0.166. The summed E-state index contributed by atoms with van der Waals surface area (Å²) in [6, 6.07) is 3.48. The van der Waals surface area contributed by atoms with Crippen molar-refractivity contribution in [3.8, 4) is 0 Å². The zero-order chi connectivity index (χ0) is 14.5. The Bertz CT molecular complexity index is 507. The molecule has 20 heavy (non-hydrogen) atoms. The summed E-state index contributed by atoms with van der Waals surface area (Å²) in [5.74, 6) is -0.166. The molecule has 0 aromatic carbocycles. The zero-order valence-corrected chi connectivity index (χ0v) is 12.4. The van der Waals surface area contributed by atoms with E-state index in [0.717, 1.165) is 31.5 Å². The molecule has 1 atom stereocenters. The van der Waals surface area contributed by atoms with Crippen molar-refractivity contribution in [1.82, 2.24) is 4.98 Å². The minimum atomic E-state index is -0.231. The van der Waals surface area contributed by atoms with Gasteiger partial charge >= 0.3 is 5.97 Å². The molecule has 0 saturated carbocycles. The summed E-state index contributed by atoms with van der Waals surface area (Å²) >= 11 is 4.95. The highest BCUT2D eigenvalue weighted by Gasteiger charge is 2.30. The molecule has 1 unspecified atom stereocenters. The number of thiocarbonyl (C=S) groups is 1. The third-order valence-electron chi connectivity index (χ3n) is 3.39. The van der Waals surface area contributed by atoms with Crippen molar-refractivity contribution >= 4 is 28.9 Å². The maximum atomic E-state index is 12.1. The Labute approximate surface area is 124 Å². The Morgan fingerprint density at radius 1 is 1.60 bits per heavy atom. The number of pyridine rings is 1. The van der Waals surface area contributed by atoms with Gasteiger partial charge in [0.05, 0.1) is 12.3 Å². The van der Waals surface area contributed by atoms with E-state index in [0.29, 0.717) is 12.3 Å². The van der Waals surface area contributed by atoms with Gasteiger partial charge in [0.25, 0.3) is 0 Å². The predicted octanol–water partition coefficient (Wildman–Crippen LogP) is 1.64. The second-order valence-electron chi connectivity index (χ2n) is 4.72. The van der Waals surface area contributed by atoms with E-state index in [9.17, 15) is 4.79 Å². The van der Waals surface area contributed by atoms with Gasteiger partial charge in [0.1, 0.15) is 11.0 Å². The third kappa shape index (κ3) is 3.25. The highest BCUT2D eigenvalue weighted by molar-refractivity contribution is 7.80. The van der Waals surface area contributed by atoms with Crippen molar-refractivity contribution in [2.45, 2.75) is 32.2 Å². The molecule has 5 nitrogen and oxygen atoms in total. The molecule has 0 radical (unpaired) electrons. The first kappa shape index (κ1) is 14.7. The van der Waals surface area contributed by atoms with Crippen LogP contribution in [0.3, 0.4) is 0 Å². The second kappa shape index (κ2) is 6.65. The highest BCUT2D eigenvalue weighted by atomic mass is 32.1. The summed E-state index contributed by atoms with van der Waals surface area (Å²) in [6.07, 6.45) is 4.57. The van der Waals surface area contributed by atoms with E-state index < -0.39 is 0 Å². The lowest BCUT2D eigenvalue weighted by atomic mass is 10.0. The van der Waals surface area contributed by atoms with Gasteiger partial charge in [0, 0.05) is 18.4 Å². The van der Waals surface area contributed by atoms with Crippen molar-refractivity contribution in [3.63, 3.8) is 0 Å². The number of carbonyl (C=O) groups is 1. The summed E-state index contributed by atoms with van der Waals surface area (Å²) in [5.41, 5.74) is 7.11. The van der Waals surface area contributed by atoms with Crippen LogP contribution in [0.1, 0.15) is 31.9 Å². The van der Waals surface area contributed by atoms with E-state index in [-0.39, 0.29) is 17.0 Å². The number of hydrogen-bond acceptors (Lipinski definition) is 5. The fourth-order valence-electron chi connectivity index (χ4n) is 2.46. The van der Waals surface area contributed by atoms with Crippen molar-refractivity contribution in [2.75, 3.05) is 18.1 Å². The van der Waals surface area contributed by atoms with Gasteiger partial charge in [-0.3, -0.25) is 4.98 Å². The molecule has 1 aromatic rings. The van der Waals surface area contributed by atoms with Crippen molar-refractivity contribution < 1.29 is 9.53 Å². The number of nitrogens with zero attached hydrogens (tertiary/aromatic N) is 2. The van der Waals surface area contributed by atoms with Gasteiger partial charge in [-0.2, -0.15) is 0 Å². The molecule has 1 fully saturated rings. The van der Waals surface area contributed by atoms with Crippen LogP contribution in [0, 0.1) is 0 Å². The zero-order valence-electron chi connectivity index (χ0n) is 11.5. The molecule has 0 aliphatic carbocycles. The Morgan fingerprint density at radius 2 is 2.40 bits per heavy atom. The molecule has 0 spiro atoms. The number of nitrogens with two attached hydrogens (primary N) is 1. The normalized spacial score (nSPS) is 18.6. The summed E-state index contributed by atoms with van der Waals surface area (Å²) in [5, 5.41) is 0. The number of hydrogen-bond donors (Lipinski definition) is 1. The van der Waals surface area contributed by atoms with Crippen LogP contribution in [-0.4, -0.2) is 35.1 Å². The van der Waals surface area contributed by atoms with Gasteiger partial charge < -0.3 is 15.4 Å². The number of aromatic nitrogens is 1. The predicted molar refractivity (Wildman–Crippen MR) is 81.7 cm³/mol. The fraction of sp³-hybridized carbons (Fsp3) is 0.500. The number of piperidine rings is 1. The average molecular weight is 293 g/mol. The molecule has 2 heterocycles. The molecule has 1 saturated heterocycles. The SMILES string of the molecule is CCOC(=O)C1CCCCN1c1ccnc(C(N)=S)c1. The van der Waals surface area contributed by atoms with E-state index in [2.05, 4.69) is 9.88 Å². The summed E-state index contributed by atoms with van der Waals surface area (Å²) in [6.45, 7) is 3.05. The van der Waals surface area contributed by atoms with E-state index in [1.54, 1.807) is 6.20 Å². The number of carbonyl (C=O) groups excluding carboxylic acids is 1. The molecule has 1 aliphatic rings. The standard InChI is InChI=1S/C14H19N3O2S/c1-2-19-14(18)12-5-3-4-8-17(12)10-6-7-16-11(9-10)13(15)20/h6-7,9,12H,2-5,8H2,1H3,(H2,15,20). The van der Waals surface area contributed by atoms with E-state index in [1.807, 2.05) is 19.1 Å². The van der Waals surface area contributed by atoms with Gasteiger partial charge in [-0.05, 0) is 38.3 Å². The smallest absolute Gasteiger partial charge is 0.328 e. The Hall–Kier alpha value is -1.69. The fourth-order valence-corrected chi connectivity index (χ4v) is 2.57. The monoisotopic (exact) mass is 293 g/mol. The van der Waals surface area contributed by atoms with E-state index >= 15 is 0 Å². The molecule has 6 heteroatoms. The van der Waals surface area contributed by atoms with E-state index in [1.165, 1.54) is 0 Å². The first-order valence-electron chi connectivity index (χ1n) is 6.82. The Morgan fingerprint density at radius 3 is 3.10 bits per heavy atom. The van der Waals surface area contributed by atoms with Gasteiger partial charge in [-0.15, -0.1) is 0 Å². The lowest BCUT2D eigenvalue weighted by molar-refractivity contribution is -0.145. The van der Waals surface area contributed by atoms with Crippen LogP contribution in [0.5, 0.6) is 0 Å². The Kier molecular flexibility index (Phi) is 4.89. The van der Waals surface area contributed by atoms with Gasteiger partial charge in [-0.25, -0.2) is 4.79 Å². The highest BCUT2D eigenvalue weighted by Crippen LogP contribution is 2.25. The molecule has 0 bridgehead atoms. The topological polar surface area (TPSA) is 68.5 Å². The number of ether oxygens (including phenoxy) is 1. The third-order valence-corrected chi connectivity index (χ3v) is 3.60. The van der Waals surface area contributed by atoms with Gasteiger partial charge in [-0.1, -0.05) is 12.2 Å². The Balaban J connectivity index is 2.25. The maximum Gasteiger partial charge on any atom is 0.328 e. The molecule has 0 amide bonds. The molecule has 1 aliphatic heterocycles. The second-order valence-corrected chi connectivity index (χ2v) is 5.16. The number of anilines is 1. The molecular formula is C14H19N3O2S. The molecule has 108 valence electrons. The number of rotatable bonds is 4. The van der Waals surface area contributed by atoms with Crippen LogP contribution in [-0.2, 0) is 9.53 Å². The summed E-state index contributed by atoms with van der Waals surface area (Å²) in [7, 11) is 0. The minimum Gasteiger partial charge on any atom is -0.464 e. The molecule has 1 aromatic heterocycles. The summed E-state index contributed by atoms with van der Waals surface area (Å²) < 4.78 is 5.16. The quantitative estimate of drug-likeness (QED) is 0.672. The largest absolute Gasteiger partial charge is 0.464 e. The van der Waals surface area contributed by atoms with Crippen LogP contribution < -0.4 is 10.6 Å². The first-order valence-corrected chi connectivity index (χ1v) is 7.23. The molecule has 2 N–H and O–H groups in total. The summed E-state index contributed by atoms with van der Waals surface area (Å²) in [4.78, 5) is 18.5. The van der Waals surface area contributed by atoms with Crippen molar-refractivity contribution in [2.24, 2.45) is 5.73 Å². The van der Waals surface area contributed by atoms with Crippen LogP contribution in [0.25, 0.3) is 0 Å². The van der Waals surface area contributed by atoms with Gasteiger partial charge in [0.15, 0.2) is 0 Å². The van der Waals surface area contributed by atoms with Crippen molar-refractivity contribution in [3.05, 3.63) is 24.0 Å². The van der Waals surface area contributed by atoms with Crippen LogP contribution in [0.2, 0.25) is 0 Å². The first-order chi connectivity index (χ1) is 9.63. The lowest BCUT2D eigenvalue weighted by Crippen LogP contribution is -2.45. The van der Waals surface area contributed by atoms with Gasteiger partial charge in [0.2, 0.25) is 0 Å². The van der Waals surface area contributed by atoms with E-state index in [4.69, 9.17) is 22.7 Å². The number of esters is 1. The van der Waals surface area contributed by atoms with Crippen LogP contribution in [0.4, 0.5) is 5.69 Å². The van der Waals surface area contributed by atoms with Crippen LogP contribution >= 0.6 is 12.2 Å². The van der Waals surface area contributed by atoms with Crippen LogP contribution in [0.15, 0.2) is 18.3 Å². The van der Waals surface area contributed by atoms with Crippen molar-refractivity contribution in [1.29, 1.82) is 0 Å².